The lowest BCUT2D eigenvalue weighted by atomic mass is 9.78. The van der Waals surface area contributed by atoms with Gasteiger partial charge in [-0.3, -0.25) is 14.8 Å². The van der Waals surface area contributed by atoms with Crippen LogP contribution in [0.5, 0.6) is 0 Å². The van der Waals surface area contributed by atoms with Crippen molar-refractivity contribution in [3.63, 3.8) is 0 Å². The van der Waals surface area contributed by atoms with Crippen molar-refractivity contribution >= 4 is 5.91 Å². The second-order valence-corrected chi connectivity index (χ2v) is 11.2. The molecular formula is C30H35FN4O. The Morgan fingerprint density at radius 2 is 1.75 bits per heavy atom. The van der Waals surface area contributed by atoms with Gasteiger partial charge in [0.05, 0.1) is 11.9 Å². The summed E-state index contributed by atoms with van der Waals surface area (Å²) in [6, 6.07) is 17.3. The summed E-state index contributed by atoms with van der Waals surface area (Å²) in [5.41, 5.74) is 4.71. The van der Waals surface area contributed by atoms with E-state index in [1.807, 2.05) is 6.20 Å². The average Bonchev–Trinajstić information content (AvgIpc) is 3.23. The minimum Gasteiger partial charge on any atom is -0.355 e. The maximum Gasteiger partial charge on any atom is 0.223 e. The van der Waals surface area contributed by atoms with Crippen molar-refractivity contribution in [3.05, 3.63) is 77.7 Å². The Labute approximate surface area is 212 Å². The molecule has 6 heteroatoms. The van der Waals surface area contributed by atoms with Crippen molar-refractivity contribution in [2.75, 3.05) is 19.6 Å². The first-order chi connectivity index (χ1) is 17.6. The van der Waals surface area contributed by atoms with Gasteiger partial charge in [0.25, 0.3) is 0 Å². The van der Waals surface area contributed by atoms with Crippen LogP contribution >= 0.6 is 0 Å². The fourth-order valence-electron chi connectivity index (χ4n) is 6.76. The predicted octanol–water partition coefficient (Wildman–Crippen LogP) is 5.45. The SMILES string of the molecule is O=C(NCC1(c2ccccc2)CCCC1)[C@@H]1CC12CCN(Cc1cn[nH]c1-c1ccc(F)cc1)CC2. The number of carbonyl (C=O) groups excluding carboxylic acids is 1. The van der Waals surface area contributed by atoms with Crippen LogP contribution < -0.4 is 5.32 Å². The molecule has 36 heavy (non-hydrogen) atoms. The zero-order valence-corrected chi connectivity index (χ0v) is 20.8. The number of benzene rings is 2. The third-order valence-electron chi connectivity index (χ3n) is 9.15. The Morgan fingerprint density at radius 3 is 2.47 bits per heavy atom. The highest BCUT2D eigenvalue weighted by molar-refractivity contribution is 5.82. The second-order valence-electron chi connectivity index (χ2n) is 11.2. The number of piperidine rings is 1. The number of nitrogens with one attached hydrogen (secondary N) is 2. The van der Waals surface area contributed by atoms with E-state index in [2.05, 4.69) is 50.7 Å². The van der Waals surface area contributed by atoms with E-state index in [1.54, 1.807) is 12.1 Å². The van der Waals surface area contributed by atoms with Gasteiger partial charge in [0.2, 0.25) is 5.91 Å². The number of aromatic amines is 1. The van der Waals surface area contributed by atoms with Crippen molar-refractivity contribution in [3.8, 4) is 11.3 Å². The Morgan fingerprint density at radius 1 is 1.03 bits per heavy atom. The van der Waals surface area contributed by atoms with Gasteiger partial charge < -0.3 is 5.32 Å². The molecule has 2 aliphatic carbocycles. The highest BCUT2D eigenvalue weighted by atomic mass is 19.1. The summed E-state index contributed by atoms with van der Waals surface area (Å²) in [6.07, 6.45) is 9.85. The van der Waals surface area contributed by atoms with E-state index in [4.69, 9.17) is 0 Å². The van der Waals surface area contributed by atoms with E-state index in [0.29, 0.717) is 0 Å². The van der Waals surface area contributed by atoms with Gasteiger partial charge in [-0.2, -0.15) is 5.10 Å². The van der Waals surface area contributed by atoms with E-state index < -0.39 is 0 Å². The Bertz CT molecular complexity index is 1190. The highest BCUT2D eigenvalue weighted by Crippen LogP contribution is 2.59. The number of aromatic nitrogens is 2. The molecule has 2 heterocycles. The lowest BCUT2D eigenvalue weighted by Crippen LogP contribution is -2.41. The quantitative estimate of drug-likeness (QED) is 0.467. The number of halogens is 1. The number of H-pyrrole nitrogens is 1. The molecule has 2 N–H and O–H groups in total. The van der Waals surface area contributed by atoms with Crippen LogP contribution in [0.4, 0.5) is 4.39 Å². The molecule has 1 aromatic heterocycles. The van der Waals surface area contributed by atoms with Gasteiger partial charge in [0.1, 0.15) is 5.82 Å². The van der Waals surface area contributed by atoms with E-state index in [1.165, 1.54) is 30.5 Å². The summed E-state index contributed by atoms with van der Waals surface area (Å²) in [6.45, 7) is 3.56. The van der Waals surface area contributed by atoms with Crippen LogP contribution in [-0.4, -0.2) is 40.6 Å². The first kappa shape index (κ1) is 23.4. The molecule has 2 saturated carbocycles. The lowest BCUT2D eigenvalue weighted by molar-refractivity contribution is -0.123. The first-order valence-corrected chi connectivity index (χ1v) is 13.4. The summed E-state index contributed by atoms with van der Waals surface area (Å²) in [7, 11) is 0. The number of nitrogens with zero attached hydrogens (tertiary/aromatic N) is 2. The molecule has 6 rings (SSSR count). The average molecular weight is 487 g/mol. The Hall–Kier alpha value is -2.99. The van der Waals surface area contributed by atoms with Gasteiger partial charge in [-0.05, 0) is 80.4 Å². The maximum atomic E-state index is 13.3. The summed E-state index contributed by atoms with van der Waals surface area (Å²) < 4.78 is 13.3. The molecule has 0 unspecified atom stereocenters. The van der Waals surface area contributed by atoms with Crippen LogP contribution in [0.25, 0.3) is 11.3 Å². The van der Waals surface area contributed by atoms with Crippen molar-refractivity contribution in [2.24, 2.45) is 11.3 Å². The number of hydrogen-bond acceptors (Lipinski definition) is 3. The number of carbonyl (C=O) groups is 1. The number of hydrogen-bond donors (Lipinski definition) is 2. The first-order valence-electron chi connectivity index (χ1n) is 13.4. The van der Waals surface area contributed by atoms with Gasteiger partial charge in [-0.15, -0.1) is 0 Å². The van der Waals surface area contributed by atoms with Gasteiger partial charge in [0.15, 0.2) is 0 Å². The largest absolute Gasteiger partial charge is 0.355 e. The standard InChI is InChI=1S/C30H35FN4O/c31-25-10-8-22(9-11-25)27-23(19-33-34-27)20-35-16-14-29(15-17-35)18-26(29)28(36)32-21-30(12-4-5-13-30)24-6-2-1-3-7-24/h1-3,6-11,19,26H,4-5,12-18,20-21H2,(H,32,36)(H,33,34)/t26-/m0/s1. The van der Waals surface area contributed by atoms with E-state index in [-0.39, 0.29) is 28.5 Å². The predicted molar refractivity (Wildman–Crippen MR) is 139 cm³/mol. The summed E-state index contributed by atoms with van der Waals surface area (Å²) in [5.74, 6) is 0.194. The third-order valence-corrected chi connectivity index (χ3v) is 9.15. The van der Waals surface area contributed by atoms with Crippen LogP contribution in [0.1, 0.15) is 56.1 Å². The minimum absolute atomic E-state index is 0.106. The van der Waals surface area contributed by atoms with E-state index in [9.17, 15) is 9.18 Å². The van der Waals surface area contributed by atoms with Crippen LogP contribution in [0, 0.1) is 17.2 Å². The van der Waals surface area contributed by atoms with E-state index >= 15 is 0 Å². The van der Waals surface area contributed by atoms with Crippen molar-refractivity contribution in [1.29, 1.82) is 0 Å². The molecule has 1 atom stereocenters. The summed E-state index contributed by atoms with van der Waals surface area (Å²) in [4.78, 5) is 15.7. The molecule has 1 spiro atoms. The lowest BCUT2D eigenvalue weighted by Gasteiger charge is -2.33. The summed E-state index contributed by atoms with van der Waals surface area (Å²) >= 11 is 0. The van der Waals surface area contributed by atoms with E-state index in [0.717, 1.165) is 75.1 Å². The smallest absolute Gasteiger partial charge is 0.223 e. The molecule has 5 nitrogen and oxygen atoms in total. The molecule has 3 aliphatic rings. The normalized spacial score (nSPS) is 22.5. The molecule has 3 aromatic rings. The Balaban J connectivity index is 1.03. The number of likely N-dealkylation sites (tertiary alicyclic amines) is 1. The number of amides is 1. The van der Waals surface area contributed by atoms with Gasteiger partial charge in [-0.25, -0.2) is 4.39 Å². The van der Waals surface area contributed by atoms with Gasteiger partial charge in [-0.1, -0.05) is 43.2 Å². The van der Waals surface area contributed by atoms with Gasteiger partial charge in [0, 0.05) is 35.5 Å². The summed E-state index contributed by atoms with van der Waals surface area (Å²) in [5, 5.41) is 10.7. The van der Waals surface area contributed by atoms with Crippen molar-refractivity contribution in [1.82, 2.24) is 20.4 Å². The fourth-order valence-corrected chi connectivity index (χ4v) is 6.76. The maximum absolute atomic E-state index is 13.3. The van der Waals surface area contributed by atoms with Gasteiger partial charge >= 0.3 is 0 Å². The fraction of sp³-hybridized carbons (Fsp3) is 0.467. The van der Waals surface area contributed by atoms with Crippen LogP contribution in [0.2, 0.25) is 0 Å². The zero-order chi connectivity index (χ0) is 24.6. The molecule has 1 saturated heterocycles. The molecule has 3 fully saturated rings. The minimum atomic E-state index is -0.234. The third kappa shape index (κ3) is 4.47. The van der Waals surface area contributed by atoms with Crippen LogP contribution in [0.15, 0.2) is 60.8 Å². The van der Waals surface area contributed by atoms with Crippen LogP contribution in [0.3, 0.4) is 0 Å². The molecule has 0 radical (unpaired) electrons. The Kier molecular flexibility index (Phi) is 6.16. The molecule has 2 aromatic carbocycles. The highest BCUT2D eigenvalue weighted by Gasteiger charge is 2.58. The number of rotatable bonds is 7. The second kappa shape index (κ2) is 9.47. The molecular weight excluding hydrogens is 451 g/mol. The molecule has 1 aliphatic heterocycles. The van der Waals surface area contributed by atoms with Crippen molar-refractivity contribution < 1.29 is 9.18 Å². The monoisotopic (exact) mass is 486 g/mol. The topological polar surface area (TPSA) is 61.0 Å². The van der Waals surface area contributed by atoms with Crippen LogP contribution in [-0.2, 0) is 16.8 Å². The molecule has 1 amide bonds. The zero-order valence-electron chi connectivity index (χ0n) is 20.8. The van der Waals surface area contributed by atoms with Crippen molar-refractivity contribution in [2.45, 2.75) is 56.9 Å². The molecule has 0 bridgehead atoms. The molecule has 188 valence electrons.